The molecule has 1 amide bonds. The molecule has 9 heteroatoms. The van der Waals surface area contributed by atoms with E-state index in [0.29, 0.717) is 5.56 Å². The Hall–Kier alpha value is -1.61. The number of benzene rings is 1. The second-order valence-corrected chi connectivity index (χ2v) is 6.83. The van der Waals surface area contributed by atoms with E-state index in [-0.39, 0.29) is 24.5 Å². The largest absolute Gasteiger partial charge is 0.411 e. The minimum Gasteiger partial charge on any atom is -0.370 e. The van der Waals surface area contributed by atoms with Crippen LogP contribution in [0.4, 0.5) is 13.2 Å². The molecule has 0 aliphatic carbocycles. The molecule has 22 heavy (non-hydrogen) atoms. The number of hydrogen-bond donors (Lipinski definition) is 1. The van der Waals surface area contributed by atoms with Gasteiger partial charge in [0.2, 0.25) is 0 Å². The summed E-state index contributed by atoms with van der Waals surface area (Å²) in [7, 11) is -3.15. The molecule has 0 aliphatic heterocycles. The van der Waals surface area contributed by atoms with Crippen molar-refractivity contribution in [3.05, 3.63) is 35.4 Å². The highest BCUT2D eigenvalue weighted by molar-refractivity contribution is 7.89. The highest BCUT2D eigenvalue weighted by Gasteiger charge is 2.27. The van der Waals surface area contributed by atoms with Crippen molar-refractivity contribution in [1.29, 1.82) is 0 Å². The Kier molecular flexibility index (Phi) is 6.36. The Balaban J connectivity index is 2.40. The summed E-state index contributed by atoms with van der Waals surface area (Å²) in [5, 5.41) is 2.40. The Bertz CT molecular complexity index is 597. The molecule has 0 atom stereocenters. The van der Waals surface area contributed by atoms with Gasteiger partial charge in [-0.1, -0.05) is 12.1 Å². The lowest BCUT2D eigenvalue weighted by atomic mass is 10.1. The number of alkyl halides is 3. The lowest BCUT2D eigenvalue weighted by molar-refractivity contribution is -0.173. The van der Waals surface area contributed by atoms with Crippen molar-refractivity contribution in [3.8, 4) is 0 Å². The average molecular weight is 339 g/mol. The molecule has 1 aromatic rings. The number of carbonyl (C=O) groups is 1. The molecule has 0 aromatic heterocycles. The highest BCUT2D eigenvalue weighted by atomic mass is 32.2. The number of nitrogens with one attached hydrogen (secondary N) is 1. The maximum Gasteiger partial charge on any atom is 0.411 e. The molecule has 1 N–H and O–H groups in total. The van der Waals surface area contributed by atoms with E-state index in [4.69, 9.17) is 0 Å². The second kappa shape index (κ2) is 7.59. The Morgan fingerprint density at radius 2 is 1.82 bits per heavy atom. The van der Waals surface area contributed by atoms with Gasteiger partial charge >= 0.3 is 6.18 Å². The van der Waals surface area contributed by atoms with Crippen molar-refractivity contribution in [2.75, 3.05) is 26.0 Å². The third kappa shape index (κ3) is 7.99. The van der Waals surface area contributed by atoms with Gasteiger partial charge in [0.1, 0.15) is 6.61 Å². The Morgan fingerprint density at radius 3 is 2.32 bits per heavy atom. The summed E-state index contributed by atoms with van der Waals surface area (Å²) in [4.78, 5) is 11.7. The van der Waals surface area contributed by atoms with E-state index in [9.17, 15) is 26.4 Å². The van der Waals surface area contributed by atoms with Crippen LogP contribution in [0.15, 0.2) is 24.3 Å². The number of rotatable bonds is 7. The molecule has 0 saturated carbocycles. The molecule has 0 fully saturated rings. The molecule has 0 unspecified atom stereocenters. The van der Waals surface area contributed by atoms with Gasteiger partial charge in [-0.05, 0) is 17.7 Å². The zero-order valence-electron chi connectivity index (χ0n) is 11.8. The van der Waals surface area contributed by atoms with Crippen molar-refractivity contribution in [2.45, 2.75) is 11.9 Å². The number of amides is 1. The Morgan fingerprint density at radius 1 is 1.23 bits per heavy atom. The number of sulfone groups is 1. The molecule has 0 heterocycles. The monoisotopic (exact) mass is 339 g/mol. The molecule has 0 radical (unpaired) electrons. The number of ether oxygens (including phenoxy) is 1. The molecule has 0 bridgehead atoms. The first-order valence-corrected chi connectivity index (χ1v) is 8.32. The first kappa shape index (κ1) is 18.4. The molecule has 0 saturated heterocycles. The molecular formula is C13H16F3NO4S. The summed E-state index contributed by atoms with van der Waals surface area (Å²) >= 11 is 0. The van der Waals surface area contributed by atoms with Gasteiger partial charge in [-0.25, -0.2) is 8.42 Å². The SMILES string of the molecule is CS(=O)(=O)Cc1ccc(C(=O)NCCOCC(F)(F)F)cc1. The lowest BCUT2D eigenvalue weighted by Gasteiger charge is -2.09. The fraction of sp³-hybridized carbons (Fsp3) is 0.462. The first-order chi connectivity index (χ1) is 10.1. The van der Waals surface area contributed by atoms with Crippen LogP contribution >= 0.6 is 0 Å². The van der Waals surface area contributed by atoms with Crippen LogP contribution in [0.1, 0.15) is 15.9 Å². The first-order valence-electron chi connectivity index (χ1n) is 6.26. The van der Waals surface area contributed by atoms with Crippen LogP contribution in [0.5, 0.6) is 0 Å². The van der Waals surface area contributed by atoms with Crippen LogP contribution in [0.25, 0.3) is 0 Å². The van der Waals surface area contributed by atoms with Gasteiger partial charge in [0.15, 0.2) is 9.84 Å². The van der Waals surface area contributed by atoms with Gasteiger partial charge in [0.05, 0.1) is 12.4 Å². The van der Waals surface area contributed by atoms with Gasteiger partial charge in [-0.3, -0.25) is 4.79 Å². The highest BCUT2D eigenvalue weighted by Crippen LogP contribution is 2.14. The van der Waals surface area contributed by atoms with E-state index in [1.54, 1.807) is 0 Å². The van der Waals surface area contributed by atoms with Gasteiger partial charge in [0, 0.05) is 18.4 Å². The average Bonchev–Trinajstić information content (AvgIpc) is 2.35. The molecule has 124 valence electrons. The van der Waals surface area contributed by atoms with E-state index in [0.717, 1.165) is 6.26 Å². The van der Waals surface area contributed by atoms with Gasteiger partial charge in [-0.15, -0.1) is 0 Å². The minimum atomic E-state index is -4.39. The Labute approximate surface area is 126 Å². The predicted octanol–water partition coefficient (Wildman–Crippen LogP) is 1.54. The molecule has 1 rings (SSSR count). The predicted molar refractivity (Wildman–Crippen MR) is 74.2 cm³/mol. The maximum atomic E-state index is 11.8. The quantitative estimate of drug-likeness (QED) is 0.765. The summed E-state index contributed by atoms with van der Waals surface area (Å²) in [6, 6.07) is 5.92. The van der Waals surface area contributed by atoms with Crippen LogP contribution in [0.3, 0.4) is 0 Å². The standard InChI is InChI=1S/C13H16F3NO4S/c1-22(19,20)8-10-2-4-11(5-3-10)12(18)17-6-7-21-9-13(14,15)16/h2-5H,6-9H2,1H3,(H,17,18). The summed E-state index contributed by atoms with van der Waals surface area (Å²) < 4.78 is 62.0. The van der Waals surface area contributed by atoms with Crippen molar-refractivity contribution in [3.63, 3.8) is 0 Å². The van der Waals surface area contributed by atoms with Crippen molar-refractivity contribution in [1.82, 2.24) is 5.32 Å². The van der Waals surface area contributed by atoms with Gasteiger partial charge in [0.25, 0.3) is 5.91 Å². The smallest absolute Gasteiger partial charge is 0.370 e. The van der Waals surface area contributed by atoms with Crippen molar-refractivity contribution < 1.29 is 31.1 Å². The summed E-state index contributed by atoms with van der Waals surface area (Å²) in [5.41, 5.74) is 0.834. The lowest BCUT2D eigenvalue weighted by Crippen LogP contribution is -2.28. The second-order valence-electron chi connectivity index (χ2n) is 4.69. The van der Waals surface area contributed by atoms with E-state index < -0.39 is 28.5 Å². The van der Waals surface area contributed by atoms with E-state index >= 15 is 0 Å². The van der Waals surface area contributed by atoms with Crippen LogP contribution in [-0.4, -0.2) is 46.5 Å². The molecular weight excluding hydrogens is 323 g/mol. The summed E-state index contributed by atoms with van der Waals surface area (Å²) in [6.07, 6.45) is -3.28. The fourth-order valence-electron chi connectivity index (χ4n) is 1.58. The normalized spacial score (nSPS) is 12.2. The van der Waals surface area contributed by atoms with Crippen LogP contribution < -0.4 is 5.32 Å². The minimum absolute atomic E-state index is 0.0556. The topological polar surface area (TPSA) is 72.5 Å². The maximum absolute atomic E-state index is 11.8. The summed E-state index contributed by atoms with van der Waals surface area (Å²) in [5.74, 6) is -0.596. The van der Waals surface area contributed by atoms with E-state index in [2.05, 4.69) is 10.1 Å². The third-order valence-corrected chi connectivity index (χ3v) is 3.30. The number of hydrogen-bond acceptors (Lipinski definition) is 4. The number of carbonyl (C=O) groups excluding carboxylic acids is 1. The zero-order valence-corrected chi connectivity index (χ0v) is 12.6. The van der Waals surface area contributed by atoms with Crippen LogP contribution in [0, 0.1) is 0 Å². The molecule has 5 nitrogen and oxygen atoms in total. The zero-order chi connectivity index (χ0) is 16.8. The van der Waals surface area contributed by atoms with E-state index in [1.165, 1.54) is 24.3 Å². The summed E-state index contributed by atoms with van der Waals surface area (Å²) in [6.45, 7) is -1.67. The molecule has 0 spiro atoms. The fourth-order valence-corrected chi connectivity index (χ4v) is 2.38. The van der Waals surface area contributed by atoms with E-state index in [1.807, 2.05) is 0 Å². The van der Waals surface area contributed by atoms with Gasteiger partial charge in [-0.2, -0.15) is 13.2 Å². The molecule has 1 aromatic carbocycles. The van der Waals surface area contributed by atoms with Gasteiger partial charge < -0.3 is 10.1 Å². The molecule has 0 aliphatic rings. The van der Waals surface area contributed by atoms with Crippen LogP contribution in [0.2, 0.25) is 0 Å². The third-order valence-electron chi connectivity index (χ3n) is 2.44. The van der Waals surface area contributed by atoms with Crippen molar-refractivity contribution >= 4 is 15.7 Å². The van der Waals surface area contributed by atoms with Crippen molar-refractivity contribution in [2.24, 2.45) is 0 Å². The van der Waals surface area contributed by atoms with Crippen LogP contribution in [-0.2, 0) is 20.3 Å². The number of halogens is 3.